The Kier molecular flexibility index (Phi) is 3.39. The second-order valence-corrected chi connectivity index (χ2v) is 6.17. The predicted molar refractivity (Wildman–Crippen MR) is 92.7 cm³/mol. The van der Waals surface area contributed by atoms with Gasteiger partial charge in [0.15, 0.2) is 10.8 Å². The van der Waals surface area contributed by atoms with E-state index in [-0.39, 0.29) is 11.5 Å². The van der Waals surface area contributed by atoms with Gasteiger partial charge in [0, 0.05) is 24.9 Å². The van der Waals surface area contributed by atoms with Crippen LogP contribution >= 0.6 is 11.3 Å². The van der Waals surface area contributed by atoms with Gasteiger partial charge < -0.3 is 0 Å². The lowest BCUT2D eigenvalue weighted by Crippen LogP contribution is -2.24. The van der Waals surface area contributed by atoms with Crippen LogP contribution in [0.4, 0.5) is 5.13 Å². The number of nitrogens with zero attached hydrogens (tertiary/aromatic N) is 4. The topological polar surface area (TPSA) is 81.3 Å². The van der Waals surface area contributed by atoms with E-state index in [0.717, 1.165) is 10.2 Å². The van der Waals surface area contributed by atoms with Crippen molar-refractivity contribution in [3.63, 3.8) is 0 Å². The first-order valence-electron chi connectivity index (χ1n) is 7.42. The maximum Gasteiger partial charge on any atom is 0.275 e. The minimum Gasteiger partial charge on any atom is -0.296 e. The van der Waals surface area contributed by atoms with Crippen LogP contribution in [0.3, 0.4) is 0 Å². The minimum absolute atomic E-state index is 0.221. The van der Waals surface area contributed by atoms with Gasteiger partial charge >= 0.3 is 0 Å². The van der Waals surface area contributed by atoms with Crippen molar-refractivity contribution >= 4 is 38.2 Å². The van der Waals surface area contributed by atoms with Crippen molar-refractivity contribution in [2.24, 2.45) is 0 Å². The number of nitrogens with one attached hydrogen (secondary N) is 1. The lowest BCUT2D eigenvalue weighted by atomic mass is 10.3. The molecular formula is C16H13N5O2S. The third-order valence-electron chi connectivity index (χ3n) is 3.68. The highest BCUT2D eigenvalue weighted by Gasteiger charge is 2.17. The van der Waals surface area contributed by atoms with Crippen molar-refractivity contribution < 1.29 is 4.79 Å². The van der Waals surface area contributed by atoms with Crippen LogP contribution in [0.1, 0.15) is 17.4 Å². The van der Waals surface area contributed by atoms with E-state index in [2.05, 4.69) is 15.3 Å². The van der Waals surface area contributed by atoms with E-state index >= 15 is 0 Å². The molecule has 1 amide bonds. The van der Waals surface area contributed by atoms with Crippen molar-refractivity contribution in [1.29, 1.82) is 0 Å². The van der Waals surface area contributed by atoms with Gasteiger partial charge in [0.2, 0.25) is 0 Å². The molecule has 0 bridgehead atoms. The first-order chi connectivity index (χ1) is 11.7. The Balaban J connectivity index is 1.75. The molecule has 0 aliphatic rings. The third kappa shape index (κ3) is 2.28. The Hall–Kier alpha value is -3.00. The van der Waals surface area contributed by atoms with Gasteiger partial charge in [-0.1, -0.05) is 23.5 Å². The zero-order chi connectivity index (χ0) is 16.7. The quantitative estimate of drug-likeness (QED) is 0.621. The molecule has 3 aromatic heterocycles. The number of rotatable bonds is 3. The van der Waals surface area contributed by atoms with Gasteiger partial charge in [-0.25, -0.2) is 9.97 Å². The average Bonchev–Trinajstić information content (AvgIpc) is 3.15. The molecule has 120 valence electrons. The van der Waals surface area contributed by atoms with Crippen molar-refractivity contribution in [3.05, 3.63) is 58.6 Å². The largest absolute Gasteiger partial charge is 0.296 e. The Bertz CT molecular complexity index is 1090. The summed E-state index contributed by atoms with van der Waals surface area (Å²) in [6, 6.07) is 10.7. The summed E-state index contributed by atoms with van der Waals surface area (Å²) in [6.45, 7) is 2.34. The normalized spacial score (nSPS) is 11.2. The van der Waals surface area contributed by atoms with Crippen LogP contribution in [0.25, 0.3) is 15.9 Å². The number of hydrogen-bond acceptors (Lipinski definition) is 5. The lowest BCUT2D eigenvalue weighted by Gasteiger charge is -2.07. The number of fused-ring (bicyclic) bond motifs is 2. The SMILES string of the molecule is CCn1c(C(=O)Nc2nc3ccccc3s2)cc2nccc(=O)n21. The maximum atomic E-state index is 12.6. The number of aromatic nitrogens is 4. The first-order valence-corrected chi connectivity index (χ1v) is 8.23. The first kappa shape index (κ1) is 14.6. The molecule has 1 N–H and O–H groups in total. The van der Waals surface area contributed by atoms with Crippen molar-refractivity contribution in [1.82, 2.24) is 19.2 Å². The fraction of sp³-hybridized carbons (Fsp3) is 0.125. The molecule has 24 heavy (non-hydrogen) atoms. The molecule has 0 aliphatic carbocycles. The second kappa shape index (κ2) is 5.57. The summed E-state index contributed by atoms with van der Waals surface area (Å²) in [5, 5.41) is 3.33. The van der Waals surface area contributed by atoms with E-state index < -0.39 is 0 Å². The van der Waals surface area contributed by atoms with E-state index in [0.29, 0.717) is 23.0 Å². The summed E-state index contributed by atoms with van der Waals surface area (Å²) >= 11 is 1.41. The van der Waals surface area contributed by atoms with E-state index in [1.807, 2.05) is 31.2 Å². The maximum absolute atomic E-state index is 12.6. The van der Waals surface area contributed by atoms with Crippen molar-refractivity contribution in [2.45, 2.75) is 13.5 Å². The van der Waals surface area contributed by atoms with E-state index in [9.17, 15) is 9.59 Å². The highest BCUT2D eigenvalue weighted by atomic mass is 32.1. The van der Waals surface area contributed by atoms with E-state index in [4.69, 9.17) is 0 Å². The van der Waals surface area contributed by atoms with Crippen molar-refractivity contribution in [2.75, 3.05) is 5.32 Å². The molecule has 4 aromatic rings. The third-order valence-corrected chi connectivity index (χ3v) is 4.63. The molecule has 0 fully saturated rings. The Morgan fingerprint density at radius 3 is 2.92 bits per heavy atom. The van der Waals surface area contributed by atoms with Crippen LogP contribution in [0, 0.1) is 0 Å². The molecule has 0 spiro atoms. The molecule has 3 heterocycles. The lowest BCUT2D eigenvalue weighted by molar-refractivity contribution is 0.101. The highest BCUT2D eigenvalue weighted by molar-refractivity contribution is 7.22. The molecule has 8 heteroatoms. The number of carbonyl (C=O) groups is 1. The average molecular weight is 339 g/mol. The van der Waals surface area contributed by atoms with Gasteiger partial charge in [-0.15, -0.1) is 0 Å². The zero-order valence-electron chi connectivity index (χ0n) is 12.8. The fourth-order valence-corrected chi connectivity index (χ4v) is 3.50. The number of benzene rings is 1. The summed E-state index contributed by atoms with van der Waals surface area (Å²) < 4.78 is 4.00. The molecule has 0 saturated carbocycles. The highest BCUT2D eigenvalue weighted by Crippen LogP contribution is 2.25. The number of anilines is 1. The summed E-state index contributed by atoms with van der Waals surface area (Å²) in [7, 11) is 0. The molecular weight excluding hydrogens is 326 g/mol. The number of aryl methyl sites for hydroxylation is 1. The smallest absolute Gasteiger partial charge is 0.275 e. The standard InChI is InChI=1S/C16H13N5O2S/c1-2-20-11(9-13-17-8-7-14(22)21(13)20)15(23)19-16-18-10-5-3-4-6-12(10)24-16/h3-9H,2H2,1H3,(H,18,19,23). The number of amides is 1. The molecule has 0 unspecified atom stereocenters. The number of para-hydroxylation sites is 1. The van der Waals surface area contributed by atoms with Gasteiger partial charge in [-0.3, -0.25) is 19.6 Å². The van der Waals surface area contributed by atoms with Crippen LogP contribution in [0.5, 0.6) is 0 Å². The Morgan fingerprint density at radius 1 is 1.29 bits per heavy atom. The van der Waals surface area contributed by atoms with Gasteiger partial charge in [0.1, 0.15) is 5.69 Å². The minimum atomic E-state index is -0.319. The van der Waals surface area contributed by atoms with Gasteiger partial charge in [0.25, 0.3) is 11.5 Å². The molecule has 4 rings (SSSR count). The van der Waals surface area contributed by atoms with E-state index in [1.54, 1.807) is 10.7 Å². The Morgan fingerprint density at radius 2 is 2.12 bits per heavy atom. The molecule has 0 saturated heterocycles. The van der Waals surface area contributed by atoms with Crippen LogP contribution in [0.2, 0.25) is 0 Å². The summed E-state index contributed by atoms with van der Waals surface area (Å²) in [4.78, 5) is 33.2. The molecule has 1 aromatic carbocycles. The molecule has 0 radical (unpaired) electrons. The monoisotopic (exact) mass is 339 g/mol. The molecule has 7 nitrogen and oxygen atoms in total. The zero-order valence-corrected chi connectivity index (χ0v) is 13.6. The van der Waals surface area contributed by atoms with Crippen LogP contribution in [0.15, 0.2) is 47.4 Å². The summed E-state index contributed by atoms with van der Waals surface area (Å²) in [5.41, 5.74) is 1.43. The molecule has 0 aliphatic heterocycles. The number of thiazole rings is 1. The van der Waals surface area contributed by atoms with Gasteiger partial charge in [0.05, 0.1) is 10.2 Å². The van der Waals surface area contributed by atoms with Gasteiger partial charge in [-0.05, 0) is 19.1 Å². The van der Waals surface area contributed by atoms with E-state index in [1.165, 1.54) is 28.1 Å². The molecule has 0 atom stereocenters. The van der Waals surface area contributed by atoms with Gasteiger partial charge in [-0.2, -0.15) is 4.52 Å². The van der Waals surface area contributed by atoms with Crippen LogP contribution in [-0.4, -0.2) is 25.1 Å². The number of carbonyl (C=O) groups excluding carboxylic acids is 1. The Labute approximate surface area is 140 Å². The van der Waals surface area contributed by atoms with Crippen LogP contribution < -0.4 is 10.9 Å². The number of hydrogen-bond donors (Lipinski definition) is 1. The fourth-order valence-electron chi connectivity index (χ4n) is 2.64. The summed E-state index contributed by atoms with van der Waals surface area (Å²) in [5.74, 6) is -0.319. The van der Waals surface area contributed by atoms with Crippen LogP contribution in [-0.2, 0) is 6.54 Å². The summed E-state index contributed by atoms with van der Waals surface area (Å²) in [6.07, 6.45) is 1.44. The van der Waals surface area contributed by atoms with Crippen molar-refractivity contribution in [3.8, 4) is 0 Å². The predicted octanol–water partition coefficient (Wildman–Crippen LogP) is 2.38. The second-order valence-electron chi connectivity index (χ2n) is 5.14.